The average Bonchev–Trinajstić information content (AvgIpc) is 3.12. The maximum atomic E-state index is 5.79. The van der Waals surface area contributed by atoms with Gasteiger partial charge in [0, 0.05) is 5.92 Å². The van der Waals surface area contributed by atoms with Crippen LogP contribution < -0.4 is 15.2 Å². The van der Waals surface area contributed by atoms with E-state index in [1.165, 1.54) is 16.7 Å². The highest BCUT2D eigenvalue weighted by atomic mass is 16.7. The third-order valence-electron chi connectivity index (χ3n) is 4.65. The largest absolute Gasteiger partial charge is 0.454 e. The summed E-state index contributed by atoms with van der Waals surface area (Å²) in [6, 6.07) is 15.1. The average molecular weight is 281 g/mol. The van der Waals surface area contributed by atoms with Crippen LogP contribution in [-0.2, 0) is 0 Å². The van der Waals surface area contributed by atoms with Crippen LogP contribution in [-0.4, -0.2) is 13.3 Å². The summed E-state index contributed by atoms with van der Waals surface area (Å²) in [7, 11) is 0. The molecule has 3 heteroatoms. The van der Waals surface area contributed by atoms with E-state index >= 15 is 0 Å². The van der Waals surface area contributed by atoms with Crippen LogP contribution in [0.1, 0.15) is 41.4 Å². The van der Waals surface area contributed by atoms with Gasteiger partial charge in [0.05, 0.1) is 0 Å². The van der Waals surface area contributed by atoms with Crippen molar-refractivity contribution in [3.05, 3.63) is 59.2 Å². The summed E-state index contributed by atoms with van der Waals surface area (Å²) in [5, 5.41) is 0. The van der Waals surface area contributed by atoms with E-state index in [1.807, 2.05) is 6.07 Å². The van der Waals surface area contributed by atoms with E-state index in [-0.39, 0.29) is 0 Å². The zero-order valence-corrected chi connectivity index (χ0v) is 11.9. The lowest BCUT2D eigenvalue weighted by atomic mass is 9.92. The molecule has 0 radical (unpaired) electrons. The first kappa shape index (κ1) is 12.7. The van der Waals surface area contributed by atoms with Gasteiger partial charge in [0.1, 0.15) is 0 Å². The van der Waals surface area contributed by atoms with Crippen molar-refractivity contribution in [1.29, 1.82) is 0 Å². The molecule has 2 N–H and O–H groups in total. The first-order valence-electron chi connectivity index (χ1n) is 7.55. The summed E-state index contributed by atoms with van der Waals surface area (Å²) >= 11 is 0. The molecule has 3 nitrogen and oxygen atoms in total. The maximum Gasteiger partial charge on any atom is 0.231 e. The van der Waals surface area contributed by atoms with Gasteiger partial charge in [-0.1, -0.05) is 30.3 Å². The molecule has 2 aromatic carbocycles. The fraction of sp³-hybridized carbons (Fsp3) is 0.333. The number of benzene rings is 2. The van der Waals surface area contributed by atoms with E-state index in [2.05, 4.69) is 36.4 Å². The van der Waals surface area contributed by atoms with Crippen molar-refractivity contribution in [3.8, 4) is 11.5 Å². The van der Waals surface area contributed by atoms with Gasteiger partial charge in [0.15, 0.2) is 11.5 Å². The Morgan fingerprint density at radius 1 is 1.00 bits per heavy atom. The zero-order valence-electron chi connectivity index (χ0n) is 11.9. The van der Waals surface area contributed by atoms with Gasteiger partial charge in [-0.3, -0.25) is 0 Å². The molecule has 0 bridgehead atoms. The molecule has 0 fully saturated rings. The number of rotatable bonds is 3. The Hall–Kier alpha value is -2.00. The van der Waals surface area contributed by atoms with Crippen LogP contribution in [0.3, 0.4) is 0 Å². The summed E-state index contributed by atoms with van der Waals surface area (Å²) in [4.78, 5) is 0. The Kier molecular flexibility index (Phi) is 3.08. The summed E-state index contributed by atoms with van der Waals surface area (Å²) in [5.41, 5.74) is 10.0. The van der Waals surface area contributed by atoms with Crippen LogP contribution in [0.5, 0.6) is 11.5 Å². The van der Waals surface area contributed by atoms with Crippen molar-refractivity contribution >= 4 is 0 Å². The van der Waals surface area contributed by atoms with Gasteiger partial charge in [-0.25, -0.2) is 0 Å². The molecular formula is C18H19NO2. The van der Waals surface area contributed by atoms with Crippen LogP contribution in [0, 0.1) is 0 Å². The normalized spacial score (nSPS) is 22.3. The number of ether oxygens (including phenoxy) is 2. The Labute approximate surface area is 124 Å². The Morgan fingerprint density at radius 3 is 2.67 bits per heavy atom. The highest BCUT2D eigenvalue weighted by molar-refractivity contribution is 5.50. The molecule has 21 heavy (non-hydrogen) atoms. The molecule has 1 aliphatic heterocycles. The summed E-state index contributed by atoms with van der Waals surface area (Å²) < 4.78 is 10.9. The Morgan fingerprint density at radius 2 is 1.81 bits per heavy atom. The van der Waals surface area contributed by atoms with Crippen LogP contribution in [0.25, 0.3) is 0 Å². The maximum absolute atomic E-state index is 5.79. The molecule has 0 saturated heterocycles. The van der Waals surface area contributed by atoms with Gasteiger partial charge in [-0.05, 0) is 54.1 Å². The Bertz CT molecular complexity index is 668. The van der Waals surface area contributed by atoms with E-state index < -0.39 is 0 Å². The summed E-state index contributed by atoms with van der Waals surface area (Å²) in [6.07, 6.45) is 2.19. The second kappa shape index (κ2) is 5.08. The molecule has 2 aliphatic rings. The van der Waals surface area contributed by atoms with Gasteiger partial charge in [-0.2, -0.15) is 0 Å². The minimum absolute atomic E-state index is 0.329. The van der Waals surface area contributed by atoms with E-state index in [0.29, 0.717) is 18.6 Å². The predicted molar refractivity (Wildman–Crippen MR) is 81.9 cm³/mol. The van der Waals surface area contributed by atoms with E-state index in [1.54, 1.807) is 0 Å². The Balaban J connectivity index is 1.73. The van der Waals surface area contributed by atoms with Crippen LogP contribution >= 0.6 is 0 Å². The second-order valence-electron chi connectivity index (χ2n) is 5.80. The lowest BCUT2D eigenvalue weighted by Gasteiger charge is -2.13. The molecule has 1 aliphatic carbocycles. The van der Waals surface area contributed by atoms with E-state index in [4.69, 9.17) is 15.2 Å². The lowest BCUT2D eigenvalue weighted by molar-refractivity contribution is 0.174. The number of hydrogen-bond donors (Lipinski definition) is 1. The highest BCUT2D eigenvalue weighted by Crippen LogP contribution is 2.48. The topological polar surface area (TPSA) is 44.5 Å². The molecule has 2 atom stereocenters. The highest BCUT2D eigenvalue weighted by Gasteiger charge is 2.31. The molecule has 2 aromatic rings. The SMILES string of the molecule is NCC[C@H]1C[C@@H](c2ccc3c(c2)OCO3)c2ccccc21. The van der Waals surface area contributed by atoms with Crippen LogP contribution in [0.2, 0.25) is 0 Å². The van der Waals surface area contributed by atoms with Crippen LogP contribution in [0.15, 0.2) is 42.5 Å². The third-order valence-corrected chi connectivity index (χ3v) is 4.65. The fourth-order valence-electron chi connectivity index (χ4n) is 3.66. The second-order valence-corrected chi connectivity index (χ2v) is 5.80. The van der Waals surface area contributed by atoms with Crippen LogP contribution in [0.4, 0.5) is 0 Å². The van der Waals surface area contributed by atoms with Crippen molar-refractivity contribution in [2.75, 3.05) is 13.3 Å². The summed E-state index contributed by atoms with van der Waals surface area (Å²) in [6.45, 7) is 1.07. The van der Waals surface area contributed by atoms with E-state index in [0.717, 1.165) is 30.9 Å². The molecule has 0 spiro atoms. The van der Waals surface area contributed by atoms with Gasteiger partial charge >= 0.3 is 0 Å². The van der Waals surface area contributed by atoms with Crippen molar-refractivity contribution in [3.63, 3.8) is 0 Å². The molecular weight excluding hydrogens is 262 g/mol. The van der Waals surface area contributed by atoms with Crippen molar-refractivity contribution < 1.29 is 9.47 Å². The van der Waals surface area contributed by atoms with Gasteiger partial charge in [0.2, 0.25) is 6.79 Å². The molecule has 108 valence electrons. The number of nitrogens with two attached hydrogens (primary N) is 1. The molecule has 0 amide bonds. The monoisotopic (exact) mass is 281 g/mol. The zero-order chi connectivity index (χ0) is 14.2. The van der Waals surface area contributed by atoms with Gasteiger partial charge in [0.25, 0.3) is 0 Å². The van der Waals surface area contributed by atoms with E-state index in [9.17, 15) is 0 Å². The summed E-state index contributed by atoms with van der Waals surface area (Å²) in [5.74, 6) is 2.73. The third kappa shape index (κ3) is 2.09. The minimum atomic E-state index is 0.329. The molecule has 0 unspecified atom stereocenters. The number of hydrogen-bond acceptors (Lipinski definition) is 3. The smallest absolute Gasteiger partial charge is 0.231 e. The quantitative estimate of drug-likeness (QED) is 0.938. The molecule has 0 saturated carbocycles. The first-order chi connectivity index (χ1) is 10.4. The van der Waals surface area contributed by atoms with Gasteiger partial charge < -0.3 is 15.2 Å². The first-order valence-corrected chi connectivity index (χ1v) is 7.55. The molecule has 1 heterocycles. The standard InChI is InChI=1S/C18H19NO2/c19-8-7-13-9-16(15-4-2-1-3-14(13)15)12-5-6-17-18(10-12)21-11-20-17/h1-6,10,13,16H,7-9,11,19H2/t13-,16-/m0/s1. The fourth-order valence-corrected chi connectivity index (χ4v) is 3.66. The molecule has 4 rings (SSSR count). The minimum Gasteiger partial charge on any atom is -0.454 e. The van der Waals surface area contributed by atoms with Crippen molar-refractivity contribution in [2.24, 2.45) is 5.73 Å². The van der Waals surface area contributed by atoms with Gasteiger partial charge in [-0.15, -0.1) is 0 Å². The lowest BCUT2D eigenvalue weighted by Crippen LogP contribution is -2.05. The number of fused-ring (bicyclic) bond motifs is 2. The van der Waals surface area contributed by atoms with Crippen molar-refractivity contribution in [2.45, 2.75) is 24.7 Å². The van der Waals surface area contributed by atoms with Crippen molar-refractivity contribution in [1.82, 2.24) is 0 Å². The predicted octanol–water partition coefficient (Wildman–Crippen LogP) is 3.38. The molecule has 0 aromatic heterocycles.